The molecule has 0 saturated carbocycles. The largest absolute Gasteiger partial charge is 0.454 e. The number of hydrogen-bond donors (Lipinski definition) is 2. The highest BCUT2D eigenvalue weighted by atomic mass is 35.5. The molecule has 0 heterocycles. The van der Waals surface area contributed by atoms with Gasteiger partial charge in [0.15, 0.2) is 0 Å². The van der Waals surface area contributed by atoms with Crippen LogP contribution in [0.3, 0.4) is 0 Å². The van der Waals surface area contributed by atoms with Gasteiger partial charge in [0.2, 0.25) is 0 Å². The van der Waals surface area contributed by atoms with Crippen molar-refractivity contribution in [2.45, 2.75) is 18.4 Å². The molecule has 2 N–H and O–H groups in total. The van der Waals surface area contributed by atoms with Gasteiger partial charge >= 0.3 is 6.18 Å². The lowest BCUT2D eigenvalue weighted by molar-refractivity contribution is -0.0885. The maximum absolute atomic E-state index is 12.1. The Labute approximate surface area is 106 Å². The second-order valence-electron chi connectivity index (χ2n) is 3.62. The summed E-state index contributed by atoms with van der Waals surface area (Å²) in [6.45, 7) is 0. The first kappa shape index (κ1) is 14.9. The van der Waals surface area contributed by atoms with E-state index < -0.39 is 29.7 Å². The topological polar surface area (TPSA) is 57.5 Å². The van der Waals surface area contributed by atoms with Gasteiger partial charge in [-0.25, -0.2) is 0 Å². The third-order valence-electron chi connectivity index (χ3n) is 2.29. The zero-order valence-electron chi connectivity index (χ0n) is 8.99. The van der Waals surface area contributed by atoms with E-state index >= 15 is 0 Å². The van der Waals surface area contributed by atoms with E-state index in [9.17, 15) is 28.2 Å². The fraction of sp³-hybridized carbons (Fsp3) is 0.364. The first-order valence-electron chi connectivity index (χ1n) is 4.91. The van der Waals surface area contributed by atoms with E-state index in [1.807, 2.05) is 0 Å². The number of halogens is 4. The number of benzene rings is 1. The summed E-state index contributed by atoms with van der Waals surface area (Å²) in [5.41, 5.74) is -0.347. The van der Waals surface area contributed by atoms with Crippen LogP contribution in [0.2, 0.25) is 0 Å². The third-order valence-corrected chi connectivity index (χ3v) is 2.61. The average Bonchev–Trinajstić information content (AvgIpc) is 2.35. The summed E-state index contributed by atoms with van der Waals surface area (Å²) in [5.74, 6) is -2.17. The fourth-order valence-corrected chi connectivity index (χ4v) is 1.47. The van der Waals surface area contributed by atoms with Crippen LogP contribution in [0.15, 0.2) is 24.3 Å². The van der Waals surface area contributed by atoms with Crippen molar-refractivity contribution < 1.29 is 28.2 Å². The van der Waals surface area contributed by atoms with Gasteiger partial charge < -0.3 is 10.2 Å². The Morgan fingerprint density at radius 2 is 1.72 bits per heavy atom. The van der Waals surface area contributed by atoms with Crippen molar-refractivity contribution in [3.8, 4) is 0 Å². The van der Waals surface area contributed by atoms with Crippen LogP contribution in [0.1, 0.15) is 22.0 Å². The molecule has 2 unspecified atom stereocenters. The molecule has 0 aliphatic rings. The Morgan fingerprint density at radius 1 is 1.22 bits per heavy atom. The van der Waals surface area contributed by atoms with Crippen LogP contribution in [-0.2, 0) is 0 Å². The molecule has 0 aliphatic carbocycles. The standard InChI is InChI=1S/C11H10ClF3O3/c12-5-8(16)9(17)6-1-3-7(4-2-6)10(18)11(13,14)15/h1-4,8-9,16-17H,5H2. The summed E-state index contributed by atoms with van der Waals surface area (Å²) in [6, 6.07) is 4.16. The summed E-state index contributed by atoms with van der Waals surface area (Å²) in [7, 11) is 0. The molecule has 0 amide bonds. The van der Waals surface area contributed by atoms with E-state index in [1.54, 1.807) is 0 Å². The minimum atomic E-state index is -4.93. The molecule has 0 fully saturated rings. The van der Waals surface area contributed by atoms with Crippen molar-refractivity contribution >= 4 is 17.4 Å². The van der Waals surface area contributed by atoms with Crippen molar-refractivity contribution in [1.82, 2.24) is 0 Å². The van der Waals surface area contributed by atoms with E-state index in [0.717, 1.165) is 24.3 Å². The van der Waals surface area contributed by atoms with Gasteiger partial charge in [-0.05, 0) is 5.56 Å². The van der Waals surface area contributed by atoms with Crippen molar-refractivity contribution in [3.05, 3.63) is 35.4 Å². The molecule has 100 valence electrons. The Balaban J connectivity index is 2.90. The second-order valence-corrected chi connectivity index (χ2v) is 3.92. The molecule has 7 heteroatoms. The predicted molar refractivity (Wildman–Crippen MR) is 58.5 cm³/mol. The summed E-state index contributed by atoms with van der Waals surface area (Å²) in [4.78, 5) is 10.9. The Bertz CT molecular complexity index is 417. The van der Waals surface area contributed by atoms with Crippen LogP contribution >= 0.6 is 11.6 Å². The molecule has 2 atom stereocenters. The summed E-state index contributed by atoms with van der Waals surface area (Å²) in [5, 5.41) is 18.8. The highest BCUT2D eigenvalue weighted by Gasteiger charge is 2.39. The number of alkyl halides is 4. The number of Topliss-reactive ketones (excluding diaryl/α,β-unsaturated/α-hetero) is 1. The van der Waals surface area contributed by atoms with E-state index in [2.05, 4.69) is 0 Å². The molecule has 3 nitrogen and oxygen atoms in total. The molecule has 1 aromatic carbocycles. The molecular formula is C11H10ClF3O3. The van der Waals surface area contributed by atoms with Crippen molar-refractivity contribution in [3.63, 3.8) is 0 Å². The number of aliphatic hydroxyl groups excluding tert-OH is 2. The Morgan fingerprint density at radius 3 is 2.11 bits per heavy atom. The first-order chi connectivity index (χ1) is 8.27. The van der Waals surface area contributed by atoms with Crippen LogP contribution in [0.25, 0.3) is 0 Å². The molecule has 1 aromatic rings. The van der Waals surface area contributed by atoms with Gasteiger partial charge in [-0.2, -0.15) is 13.2 Å². The maximum Gasteiger partial charge on any atom is 0.454 e. The highest BCUT2D eigenvalue weighted by Crippen LogP contribution is 2.23. The summed E-state index contributed by atoms with van der Waals surface area (Å²) in [6.07, 6.45) is -7.47. The molecular weight excluding hydrogens is 273 g/mol. The molecule has 0 bridgehead atoms. The molecule has 0 spiro atoms. The second kappa shape index (κ2) is 5.69. The summed E-state index contributed by atoms with van der Waals surface area (Å²) >= 11 is 5.33. The number of ketones is 1. The molecule has 18 heavy (non-hydrogen) atoms. The van der Waals surface area contributed by atoms with Gasteiger partial charge in [-0.1, -0.05) is 24.3 Å². The smallest absolute Gasteiger partial charge is 0.389 e. The summed E-state index contributed by atoms with van der Waals surface area (Å²) < 4.78 is 36.4. The van der Waals surface area contributed by atoms with Gasteiger partial charge in [0.1, 0.15) is 6.10 Å². The van der Waals surface area contributed by atoms with E-state index in [-0.39, 0.29) is 11.4 Å². The van der Waals surface area contributed by atoms with Crippen molar-refractivity contribution in [2.24, 2.45) is 0 Å². The minimum absolute atomic E-state index is 0.182. The van der Waals surface area contributed by atoms with Crippen molar-refractivity contribution in [1.29, 1.82) is 0 Å². The van der Waals surface area contributed by atoms with Gasteiger partial charge in [0, 0.05) is 5.56 Å². The molecule has 0 aromatic heterocycles. The zero-order chi connectivity index (χ0) is 13.9. The maximum atomic E-state index is 12.1. The molecule has 0 saturated heterocycles. The lowest BCUT2D eigenvalue weighted by Crippen LogP contribution is -2.23. The molecule has 1 rings (SSSR count). The van der Waals surface area contributed by atoms with Gasteiger partial charge in [-0.15, -0.1) is 11.6 Å². The SMILES string of the molecule is O=C(c1ccc(C(O)C(O)CCl)cc1)C(F)(F)F. The van der Waals surface area contributed by atoms with Crippen LogP contribution in [0.5, 0.6) is 0 Å². The van der Waals surface area contributed by atoms with Gasteiger partial charge in [0.25, 0.3) is 5.78 Å². The average molecular weight is 283 g/mol. The van der Waals surface area contributed by atoms with Crippen molar-refractivity contribution in [2.75, 3.05) is 5.88 Å². The number of hydrogen-bond acceptors (Lipinski definition) is 3. The lowest BCUT2D eigenvalue weighted by atomic mass is 10.0. The minimum Gasteiger partial charge on any atom is -0.389 e. The zero-order valence-corrected chi connectivity index (χ0v) is 9.74. The monoisotopic (exact) mass is 282 g/mol. The number of rotatable bonds is 4. The van der Waals surface area contributed by atoms with E-state index in [4.69, 9.17) is 11.6 Å². The lowest BCUT2D eigenvalue weighted by Gasteiger charge is -2.16. The first-order valence-corrected chi connectivity index (χ1v) is 5.44. The van der Waals surface area contributed by atoms with E-state index in [1.165, 1.54) is 0 Å². The van der Waals surface area contributed by atoms with E-state index in [0.29, 0.717) is 0 Å². The number of carbonyl (C=O) groups excluding carboxylic acids is 1. The number of aliphatic hydroxyl groups is 2. The van der Waals surface area contributed by atoms with Gasteiger partial charge in [-0.3, -0.25) is 4.79 Å². The predicted octanol–water partition coefficient (Wildman–Crippen LogP) is 2.06. The van der Waals surface area contributed by atoms with Crippen LogP contribution in [-0.4, -0.2) is 34.2 Å². The van der Waals surface area contributed by atoms with Gasteiger partial charge in [0.05, 0.1) is 12.0 Å². The fourth-order valence-electron chi connectivity index (χ4n) is 1.30. The van der Waals surface area contributed by atoms with Crippen LogP contribution < -0.4 is 0 Å². The molecule has 0 aliphatic heterocycles. The molecule has 0 radical (unpaired) electrons. The third kappa shape index (κ3) is 3.44. The Kier molecular flexibility index (Phi) is 4.72. The van der Waals surface area contributed by atoms with Crippen LogP contribution in [0, 0.1) is 0 Å². The Hall–Kier alpha value is -1.11. The normalized spacial score (nSPS) is 15.2. The quantitative estimate of drug-likeness (QED) is 0.656. The van der Waals surface area contributed by atoms with Crippen LogP contribution in [0.4, 0.5) is 13.2 Å². The highest BCUT2D eigenvalue weighted by molar-refractivity contribution is 6.18. The number of carbonyl (C=O) groups is 1.